The molecule has 1 fully saturated rings. The van der Waals surface area contributed by atoms with Crippen LogP contribution < -0.4 is 26.0 Å². The van der Waals surface area contributed by atoms with Gasteiger partial charge in [-0.05, 0) is 82.2 Å². The molecule has 2 aliphatic rings. The van der Waals surface area contributed by atoms with E-state index >= 15 is 0 Å². The average Bonchev–Trinajstić information content (AvgIpc) is 3.42. The highest BCUT2D eigenvalue weighted by Crippen LogP contribution is 2.20. The number of ketones is 1. The molecule has 12 nitrogen and oxygen atoms in total. The maximum Gasteiger partial charge on any atom is 0.259 e. The molecule has 13 heteroatoms. The van der Waals surface area contributed by atoms with Crippen LogP contribution in [0, 0.1) is 0 Å². The van der Waals surface area contributed by atoms with Crippen molar-refractivity contribution in [2.24, 2.45) is 0 Å². The molecule has 2 unspecified atom stereocenters. The van der Waals surface area contributed by atoms with Gasteiger partial charge in [0.25, 0.3) is 11.8 Å². The topological polar surface area (TPSA) is 166 Å². The van der Waals surface area contributed by atoms with Crippen LogP contribution in [0.3, 0.4) is 0 Å². The van der Waals surface area contributed by atoms with E-state index < -0.39 is 39.6 Å². The molecule has 0 aliphatic carbocycles. The molecular formula is C26H32N6O6S. The minimum absolute atomic E-state index is 0.0194. The molecule has 208 valence electrons. The van der Waals surface area contributed by atoms with Crippen molar-refractivity contribution >= 4 is 44.9 Å². The van der Waals surface area contributed by atoms with Gasteiger partial charge in [0.2, 0.25) is 15.9 Å². The Balaban J connectivity index is 1.28. The summed E-state index contributed by atoms with van der Waals surface area (Å²) in [4.78, 5) is 50.7. The number of amides is 3. The van der Waals surface area contributed by atoms with Crippen molar-refractivity contribution in [1.82, 2.24) is 20.3 Å². The molecule has 2 heterocycles. The molecule has 2 aliphatic heterocycles. The van der Waals surface area contributed by atoms with Crippen molar-refractivity contribution in [1.29, 1.82) is 0 Å². The van der Waals surface area contributed by atoms with Crippen LogP contribution in [-0.4, -0.2) is 75.7 Å². The van der Waals surface area contributed by atoms with Gasteiger partial charge in [-0.25, -0.2) is 13.1 Å². The van der Waals surface area contributed by atoms with E-state index in [1.807, 2.05) is 7.05 Å². The number of fused-ring (bicyclic) bond motifs is 1. The smallest absolute Gasteiger partial charge is 0.259 e. The molecule has 4 rings (SSSR count). The standard InChI is InChI=1S/C26H32N6O6S/c1-16(33)23(28-15-27-18-7-10-21-22(14-18)25(35)31-24(21)34)26(36)30-17-5-8-20(9-6-17)39(37,38)29-12-11-19-4-3-13-32(19)2/h5-10,14,19,23,27-29H,3-4,11-13,15H2,1-2H3,(H,30,36)(H,31,34,35). The van der Waals surface area contributed by atoms with Gasteiger partial charge in [-0.15, -0.1) is 0 Å². The number of rotatable bonds is 12. The number of imide groups is 1. The fourth-order valence-electron chi connectivity index (χ4n) is 4.67. The number of hydrogen-bond donors (Lipinski definition) is 5. The quantitative estimate of drug-likeness (QED) is 0.145. The Morgan fingerprint density at radius 1 is 1.05 bits per heavy atom. The summed E-state index contributed by atoms with van der Waals surface area (Å²) in [7, 11) is -1.65. The highest BCUT2D eigenvalue weighted by atomic mass is 32.2. The molecule has 2 aromatic carbocycles. The minimum atomic E-state index is -3.69. The van der Waals surface area contributed by atoms with E-state index in [2.05, 4.69) is 30.9 Å². The van der Waals surface area contributed by atoms with Gasteiger partial charge >= 0.3 is 0 Å². The second-order valence-electron chi connectivity index (χ2n) is 9.62. The van der Waals surface area contributed by atoms with Crippen LogP contribution in [0.2, 0.25) is 0 Å². The average molecular weight is 557 g/mol. The van der Waals surface area contributed by atoms with Gasteiger partial charge in [-0.1, -0.05) is 0 Å². The van der Waals surface area contributed by atoms with E-state index in [9.17, 15) is 27.6 Å². The highest BCUT2D eigenvalue weighted by molar-refractivity contribution is 7.89. The van der Waals surface area contributed by atoms with E-state index in [0.29, 0.717) is 24.0 Å². The number of Topliss-reactive ketones (excluding diaryl/α,β-unsaturated/α-hetero) is 1. The third-order valence-corrected chi connectivity index (χ3v) is 8.35. The lowest BCUT2D eigenvalue weighted by Gasteiger charge is -2.19. The van der Waals surface area contributed by atoms with Crippen LogP contribution in [0.25, 0.3) is 0 Å². The first-order valence-corrected chi connectivity index (χ1v) is 14.1. The van der Waals surface area contributed by atoms with E-state index in [4.69, 9.17) is 0 Å². The van der Waals surface area contributed by atoms with Gasteiger partial charge in [0.15, 0.2) is 5.78 Å². The van der Waals surface area contributed by atoms with E-state index in [1.165, 1.54) is 43.3 Å². The molecule has 0 aromatic heterocycles. The SMILES string of the molecule is CC(=O)C(NCNc1ccc2c(c1)C(=O)NC2=O)C(=O)Nc1ccc(S(=O)(=O)NCCC2CCCN2C)cc1. The molecular weight excluding hydrogens is 524 g/mol. The number of nitrogens with one attached hydrogen (secondary N) is 5. The number of benzene rings is 2. The summed E-state index contributed by atoms with van der Waals surface area (Å²) in [6.45, 7) is 2.66. The maximum absolute atomic E-state index is 12.8. The van der Waals surface area contributed by atoms with Crippen molar-refractivity contribution in [3.63, 3.8) is 0 Å². The summed E-state index contributed by atoms with van der Waals surface area (Å²) >= 11 is 0. The van der Waals surface area contributed by atoms with Crippen molar-refractivity contribution in [3.05, 3.63) is 53.6 Å². The lowest BCUT2D eigenvalue weighted by Crippen LogP contribution is -2.47. The van der Waals surface area contributed by atoms with Gasteiger partial charge in [0.05, 0.1) is 22.7 Å². The first-order chi connectivity index (χ1) is 18.5. The normalized spacial score (nSPS) is 17.9. The number of anilines is 2. The fraction of sp³-hybridized carbons (Fsp3) is 0.385. The minimum Gasteiger partial charge on any atom is -0.372 e. The Kier molecular flexibility index (Phi) is 8.75. The van der Waals surface area contributed by atoms with Gasteiger partial charge in [-0.2, -0.15) is 0 Å². The van der Waals surface area contributed by atoms with Crippen molar-refractivity contribution in [3.8, 4) is 0 Å². The Labute approximate surface area is 227 Å². The second kappa shape index (κ2) is 12.0. The van der Waals surface area contributed by atoms with Crippen LogP contribution in [0.15, 0.2) is 47.4 Å². The molecule has 39 heavy (non-hydrogen) atoms. The van der Waals surface area contributed by atoms with E-state index in [1.54, 1.807) is 6.07 Å². The van der Waals surface area contributed by atoms with Gasteiger partial charge in [0, 0.05) is 24.0 Å². The van der Waals surface area contributed by atoms with Crippen molar-refractivity contribution < 1.29 is 27.6 Å². The molecule has 2 aromatic rings. The predicted octanol–water partition coefficient (Wildman–Crippen LogP) is 0.888. The van der Waals surface area contributed by atoms with Crippen LogP contribution in [0.5, 0.6) is 0 Å². The molecule has 0 bridgehead atoms. The largest absolute Gasteiger partial charge is 0.372 e. The third-order valence-electron chi connectivity index (χ3n) is 6.88. The second-order valence-corrected chi connectivity index (χ2v) is 11.4. The van der Waals surface area contributed by atoms with Gasteiger partial charge < -0.3 is 15.5 Å². The molecule has 5 N–H and O–H groups in total. The van der Waals surface area contributed by atoms with E-state index in [0.717, 1.165) is 25.8 Å². The monoisotopic (exact) mass is 556 g/mol. The number of hydrogen-bond acceptors (Lipinski definition) is 9. The number of carbonyl (C=O) groups excluding carboxylic acids is 4. The molecule has 2 atom stereocenters. The maximum atomic E-state index is 12.8. The van der Waals surface area contributed by atoms with Crippen LogP contribution >= 0.6 is 0 Å². The van der Waals surface area contributed by atoms with Crippen molar-refractivity contribution in [2.45, 2.75) is 43.2 Å². The van der Waals surface area contributed by atoms with Crippen LogP contribution in [-0.2, 0) is 19.6 Å². The first-order valence-electron chi connectivity index (χ1n) is 12.6. The Bertz CT molecular complexity index is 1380. The Morgan fingerprint density at radius 3 is 2.41 bits per heavy atom. The third kappa shape index (κ3) is 6.87. The lowest BCUT2D eigenvalue weighted by atomic mass is 10.1. The summed E-state index contributed by atoms with van der Waals surface area (Å²) in [5, 5.41) is 10.6. The summed E-state index contributed by atoms with van der Waals surface area (Å²) < 4.78 is 27.9. The number of sulfonamides is 1. The Hall–Kier alpha value is -3.65. The summed E-state index contributed by atoms with van der Waals surface area (Å²) in [5.41, 5.74) is 1.38. The fourth-order valence-corrected chi connectivity index (χ4v) is 5.72. The zero-order valence-corrected chi connectivity index (χ0v) is 22.6. The van der Waals surface area contributed by atoms with Gasteiger partial charge in [0.1, 0.15) is 6.04 Å². The van der Waals surface area contributed by atoms with E-state index in [-0.39, 0.29) is 22.7 Å². The first kappa shape index (κ1) is 28.4. The predicted molar refractivity (Wildman–Crippen MR) is 145 cm³/mol. The summed E-state index contributed by atoms with van der Waals surface area (Å²) in [6, 6.07) is 9.54. The number of carbonyl (C=O) groups is 4. The lowest BCUT2D eigenvalue weighted by molar-refractivity contribution is -0.127. The van der Waals surface area contributed by atoms with Crippen LogP contribution in [0.1, 0.15) is 46.9 Å². The molecule has 0 saturated carbocycles. The highest BCUT2D eigenvalue weighted by Gasteiger charge is 2.27. The van der Waals surface area contributed by atoms with Crippen molar-refractivity contribution in [2.75, 3.05) is 37.4 Å². The Morgan fingerprint density at radius 2 is 1.74 bits per heavy atom. The molecule has 0 spiro atoms. The summed E-state index contributed by atoms with van der Waals surface area (Å²) in [6.07, 6.45) is 2.92. The molecule has 1 saturated heterocycles. The van der Waals surface area contributed by atoms with Crippen LogP contribution in [0.4, 0.5) is 11.4 Å². The zero-order valence-electron chi connectivity index (χ0n) is 21.7. The summed E-state index contributed by atoms with van der Waals surface area (Å²) in [5.74, 6) is -1.98. The molecule has 3 amide bonds. The molecule has 0 radical (unpaired) electrons. The van der Waals surface area contributed by atoms with Gasteiger partial charge in [-0.3, -0.25) is 29.8 Å². The number of likely N-dealkylation sites (tertiary alicyclic amines) is 1. The zero-order chi connectivity index (χ0) is 28.2. The number of nitrogens with zero attached hydrogens (tertiary/aromatic N) is 1.